The molecule has 0 aliphatic carbocycles. The van der Waals surface area contributed by atoms with Crippen LogP contribution in [0.3, 0.4) is 0 Å². The van der Waals surface area contributed by atoms with Crippen LogP contribution in [0.15, 0.2) is 60.8 Å². The number of hydrogen-bond acceptors (Lipinski definition) is 7. The third kappa shape index (κ3) is 3.77. The third-order valence-electron chi connectivity index (χ3n) is 4.81. The second-order valence-electron chi connectivity index (χ2n) is 6.81. The number of amides is 1. The molecule has 8 heteroatoms. The van der Waals surface area contributed by atoms with Crippen molar-refractivity contribution in [2.75, 3.05) is 18.3 Å². The number of para-hydroxylation sites is 1. The number of ether oxygens (including phenoxy) is 3. The summed E-state index contributed by atoms with van der Waals surface area (Å²) in [5, 5.41) is 0.579. The SMILES string of the molecule is CCOc1cccc2sc(N(Cc3ccccn3)C(=O)c3ccc4c(c3)OCO4)nc12. The van der Waals surface area contributed by atoms with Gasteiger partial charge in [-0.1, -0.05) is 23.5 Å². The number of pyridine rings is 1. The molecule has 3 heterocycles. The number of aromatic nitrogens is 2. The molecule has 0 saturated heterocycles. The van der Waals surface area contributed by atoms with Crippen LogP contribution in [0.5, 0.6) is 17.2 Å². The number of fused-ring (bicyclic) bond motifs is 2. The predicted octanol–water partition coefficient (Wildman–Crippen LogP) is 4.67. The first-order valence-electron chi connectivity index (χ1n) is 9.86. The monoisotopic (exact) mass is 433 g/mol. The van der Waals surface area contributed by atoms with Crippen molar-refractivity contribution in [1.29, 1.82) is 0 Å². The summed E-state index contributed by atoms with van der Waals surface area (Å²) in [5.74, 6) is 1.71. The highest BCUT2D eigenvalue weighted by Crippen LogP contribution is 2.37. The maximum atomic E-state index is 13.6. The molecule has 1 aliphatic heterocycles. The first kappa shape index (κ1) is 19.3. The Labute approximate surface area is 182 Å². The summed E-state index contributed by atoms with van der Waals surface area (Å²) >= 11 is 1.44. The zero-order valence-corrected chi connectivity index (χ0v) is 17.6. The Morgan fingerprint density at radius 2 is 2.03 bits per heavy atom. The van der Waals surface area contributed by atoms with Gasteiger partial charge in [0.15, 0.2) is 16.6 Å². The molecule has 0 saturated carbocycles. The lowest BCUT2D eigenvalue weighted by Gasteiger charge is -2.19. The second-order valence-corrected chi connectivity index (χ2v) is 7.82. The lowest BCUT2D eigenvalue weighted by molar-refractivity contribution is 0.0984. The molecule has 7 nitrogen and oxygen atoms in total. The molecule has 156 valence electrons. The Balaban J connectivity index is 1.56. The van der Waals surface area contributed by atoms with Crippen LogP contribution in [0.4, 0.5) is 5.13 Å². The van der Waals surface area contributed by atoms with Crippen LogP contribution in [0.2, 0.25) is 0 Å². The summed E-state index contributed by atoms with van der Waals surface area (Å²) in [6, 6.07) is 16.6. The van der Waals surface area contributed by atoms with Crippen molar-refractivity contribution >= 4 is 32.6 Å². The first-order chi connectivity index (χ1) is 15.2. The van der Waals surface area contributed by atoms with Crippen molar-refractivity contribution in [3.05, 3.63) is 72.1 Å². The quantitative estimate of drug-likeness (QED) is 0.440. The van der Waals surface area contributed by atoms with Crippen molar-refractivity contribution in [1.82, 2.24) is 9.97 Å². The van der Waals surface area contributed by atoms with Crippen LogP contribution < -0.4 is 19.1 Å². The van der Waals surface area contributed by atoms with Gasteiger partial charge in [0.1, 0.15) is 11.3 Å². The van der Waals surface area contributed by atoms with Crippen molar-refractivity contribution in [3.8, 4) is 17.2 Å². The minimum atomic E-state index is -0.194. The van der Waals surface area contributed by atoms with Gasteiger partial charge in [-0.3, -0.25) is 14.7 Å². The van der Waals surface area contributed by atoms with Gasteiger partial charge in [-0.05, 0) is 49.4 Å². The Hall–Kier alpha value is -3.65. The standard InChI is InChI=1S/C23H19N3O4S/c1-2-28-18-7-5-8-20-21(18)25-23(31-20)26(13-16-6-3-4-11-24-16)22(27)15-9-10-17-19(12-15)30-14-29-17/h3-12H,2,13-14H2,1H3. The molecule has 0 N–H and O–H groups in total. The molecule has 2 aromatic heterocycles. The molecule has 31 heavy (non-hydrogen) atoms. The van der Waals surface area contributed by atoms with E-state index in [0.29, 0.717) is 34.6 Å². The van der Waals surface area contributed by atoms with Gasteiger partial charge in [0.2, 0.25) is 6.79 Å². The lowest BCUT2D eigenvalue weighted by Crippen LogP contribution is -2.30. The van der Waals surface area contributed by atoms with Gasteiger partial charge in [0, 0.05) is 11.8 Å². The van der Waals surface area contributed by atoms with Gasteiger partial charge in [-0.15, -0.1) is 0 Å². The number of carbonyl (C=O) groups excluding carboxylic acids is 1. The van der Waals surface area contributed by atoms with E-state index in [9.17, 15) is 4.79 Å². The highest BCUT2D eigenvalue weighted by Gasteiger charge is 2.25. The van der Waals surface area contributed by atoms with E-state index in [2.05, 4.69) is 4.98 Å². The van der Waals surface area contributed by atoms with E-state index in [0.717, 1.165) is 15.9 Å². The molecule has 0 atom stereocenters. The van der Waals surface area contributed by atoms with E-state index in [4.69, 9.17) is 19.2 Å². The number of nitrogens with zero attached hydrogens (tertiary/aromatic N) is 3. The number of anilines is 1. The Bertz CT molecular complexity index is 1240. The van der Waals surface area contributed by atoms with Gasteiger partial charge < -0.3 is 14.2 Å². The minimum Gasteiger partial charge on any atom is -0.492 e. The zero-order valence-electron chi connectivity index (χ0n) is 16.8. The molecule has 2 aromatic carbocycles. The molecule has 0 fully saturated rings. The number of benzene rings is 2. The summed E-state index contributed by atoms with van der Waals surface area (Å²) in [6.07, 6.45) is 1.71. The summed E-state index contributed by atoms with van der Waals surface area (Å²) in [6.45, 7) is 2.92. The second kappa shape index (κ2) is 8.23. The summed E-state index contributed by atoms with van der Waals surface area (Å²) in [7, 11) is 0. The number of thiazole rings is 1. The van der Waals surface area contributed by atoms with Gasteiger partial charge in [-0.2, -0.15) is 0 Å². The van der Waals surface area contributed by atoms with Crippen molar-refractivity contribution in [3.63, 3.8) is 0 Å². The molecule has 0 radical (unpaired) electrons. The maximum absolute atomic E-state index is 13.6. The first-order valence-corrected chi connectivity index (χ1v) is 10.7. The van der Waals surface area contributed by atoms with Crippen LogP contribution >= 0.6 is 11.3 Å². The topological polar surface area (TPSA) is 73.8 Å². The number of rotatable bonds is 6. The summed E-state index contributed by atoms with van der Waals surface area (Å²) in [4.78, 5) is 24.4. The van der Waals surface area contributed by atoms with Crippen molar-refractivity contribution in [2.45, 2.75) is 13.5 Å². The van der Waals surface area contributed by atoms with E-state index in [-0.39, 0.29) is 19.2 Å². The average molecular weight is 433 g/mol. The molecule has 0 spiro atoms. The highest BCUT2D eigenvalue weighted by molar-refractivity contribution is 7.22. The molecule has 4 aromatic rings. The van der Waals surface area contributed by atoms with Crippen LogP contribution in [0.1, 0.15) is 23.0 Å². The summed E-state index contributed by atoms with van der Waals surface area (Å²) < 4.78 is 17.5. The average Bonchev–Trinajstić information content (AvgIpc) is 3.45. The van der Waals surface area contributed by atoms with Gasteiger partial charge in [-0.25, -0.2) is 4.98 Å². The zero-order chi connectivity index (χ0) is 21.2. The van der Waals surface area contributed by atoms with Gasteiger partial charge >= 0.3 is 0 Å². The van der Waals surface area contributed by atoms with Crippen LogP contribution in [-0.2, 0) is 6.54 Å². The van der Waals surface area contributed by atoms with Crippen molar-refractivity contribution < 1.29 is 19.0 Å². The normalized spacial score (nSPS) is 12.2. The van der Waals surface area contributed by atoms with Crippen LogP contribution in [0.25, 0.3) is 10.2 Å². The largest absolute Gasteiger partial charge is 0.492 e. The minimum absolute atomic E-state index is 0.155. The fourth-order valence-electron chi connectivity index (χ4n) is 3.36. The Morgan fingerprint density at radius 3 is 2.87 bits per heavy atom. The predicted molar refractivity (Wildman–Crippen MR) is 118 cm³/mol. The van der Waals surface area contributed by atoms with Gasteiger partial charge in [0.25, 0.3) is 5.91 Å². The molecule has 1 amide bonds. The molecular formula is C23H19N3O4S. The fourth-order valence-corrected chi connectivity index (χ4v) is 4.35. The molecule has 5 rings (SSSR count). The van der Waals surface area contributed by atoms with E-state index < -0.39 is 0 Å². The van der Waals surface area contributed by atoms with E-state index in [1.807, 2.05) is 43.3 Å². The van der Waals surface area contributed by atoms with E-state index in [1.54, 1.807) is 29.3 Å². The smallest absolute Gasteiger partial charge is 0.260 e. The molecule has 0 unspecified atom stereocenters. The van der Waals surface area contributed by atoms with Crippen molar-refractivity contribution in [2.24, 2.45) is 0 Å². The maximum Gasteiger partial charge on any atom is 0.260 e. The van der Waals surface area contributed by atoms with Gasteiger partial charge in [0.05, 0.1) is 23.5 Å². The molecule has 1 aliphatic rings. The highest BCUT2D eigenvalue weighted by atomic mass is 32.1. The van der Waals surface area contributed by atoms with E-state index >= 15 is 0 Å². The van der Waals surface area contributed by atoms with Crippen LogP contribution in [-0.4, -0.2) is 29.3 Å². The Morgan fingerprint density at radius 1 is 1.13 bits per heavy atom. The van der Waals surface area contributed by atoms with E-state index in [1.165, 1.54) is 11.3 Å². The summed E-state index contributed by atoms with van der Waals surface area (Å²) in [5.41, 5.74) is 2.00. The number of carbonyl (C=O) groups is 1. The third-order valence-corrected chi connectivity index (χ3v) is 5.86. The lowest BCUT2D eigenvalue weighted by atomic mass is 10.1. The molecular weight excluding hydrogens is 414 g/mol. The number of hydrogen-bond donors (Lipinski definition) is 0. The molecule has 0 bridgehead atoms. The Kier molecular flexibility index (Phi) is 5.13. The fraction of sp³-hybridized carbons (Fsp3) is 0.174. The van der Waals surface area contributed by atoms with Crippen LogP contribution in [0, 0.1) is 0 Å².